The van der Waals surface area contributed by atoms with E-state index in [9.17, 15) is 9.59 Å². The molecule has 0 aliphatic rings. The number of hydrogen-bond donors (Lipinski definition) is 0. The summed E-state index contributed by atoms with van der Waals surface area (Å²) in [6.07, 6.45) is -0.838. The summed E-state index contributed by atoms with van der Waals surface area (Å²) in [6.45, 7) is 2.06. The summed E-state index contributed by atoms with van der Waals surface area (Å²) in [5, 5.41) is 0. The van der Waals surface area contributed by atoms with Crippen LogP contribution in [0, 0.1) is 0 Å². The summed E-state index contributed by atoms with van der Waals surface area (Å²) >= 11 is 0. The predicted molar refractivity (Wildman–Crippen MR) is 98.6 cm³/mol. The zero-order valence-corrected chi connectivity index (χ0v) is 15.1. The lowest BCUT2D eigenvalue weighted by molar-refractivity contribution is -0.139. The molecule has 0 fully saturated rings. The normalized spacial score (nSPS) is 11.5. The van der Waals surface area contributed by atoms with Gasteiger partial charge < -0.3 is 14.5 Å². The summed E-state index contributed by atoms with van der Waals surface area (Å²) < 4.78 is 5.31. The number of likely N-dealkylation sites (N-methyl/N-ethyl adjacent to an activating group) is 1. The van der Waals surface area contributed by atoms with Gasteiger partial charge in [0.05, 0.1) is 5.56 Å². The molecule has 0 aromatic heterocycles. The Balaban J connectivity index is 1.94. The maximum absolute atomic E-state index is 12.4. The first-order valence-electron chi connectivity index (χ1n) is 8.15. The van der Waals surface area contributed by atoms with E-state index in [1.807, 2.05) is 61.5 Å². The Labute approximate surface area is 148 Å². The Kier molecular flexibility index (Phi) is 6.17. The van der Waals surface area contributed by atoms with Crippen LogP contribution in [-0.4, -0.2) is 44.0 Å². The molecule has 0 aliphatic carbocycles. The van der Waals surface area contributed by atoms with E-state index >= 15 is 0 Å². The van der Waals surface area contributed by atoms with Gasteiger partial charge in [-0.3, -0.25) is 4.79 Å². The molecule has 0 heterocycles. The zero-order chi connectivity index (χ0) is 18.4. The molecular formula is C20H24N2O3. The highest BCUT2D eigenvalue weighted by atomic mass is 16.5. The lowest BCUT2D eigenvalue weighted by Crippen LogP contribution is -2.37. The molecule has 0 spiro atoms. The van der Waals surface area contributed by atoms with Crippen molar-refractivity contribution < 1.29 is 14.3 Å². The van der Waals surface area contributed by atoms with E-state index in [-0.39, 0.29) is 5.91 Å². The fourth-order valence-electron chi connectivity index (χ4n) is 2.42. The molecule has 0 aliphatic heterocycles. The summed E-state index contributed by atoms with van der Waals surface area (Å²) in [6, 6.07) is 16.8. The van der Waals surface area contributed by atoms with Gasteiger partial charge in [-0.15, -0.1) is 0 Å². The molecule has 2 aromatic rings. The van der Waals surface area contributed by atoms with Crippen molar-refractivity contribution in [3.63, 3.8) is 0 Å². The molecule has 5 nitrogen and oxygen atoms in total. The Bertz CT molecular complexity index is 711. The predicted octanol–water partition coefficient (Wildman–Crippen LogP) is 2.96. The van der Waals surface area contributed by atoms with Crippen LogP contribution in [0.25, 0.3) is 0 Å². The minimum absolute atomic E-state index is 0.234. The van der Waals surface area contributed by atoms with E-state index in [1.54, 1.807) is 31.0 Å². The second-order valence-electron chi connectivity index (χ2n) is 6.17. The molecule has 2 aromatic carbocycles. The van der Waals surface area contributed by atoms with E-state index < -0.39 is 12.1 Å². The SMILES string of the molecule is C[C@H](OC(=O)c1ccc(N(C)C)cc1)C(=O)N(C)Cc1ccccc1. The van der Waals surface area contributed by atoms with Gasteiger partial charge in [0.25, 0.3) is 5.91 Å². The highest BCUT2D eigenvalue weighted by Gasteiger charge is 2.22. The van der Waals surface area contributed by atoms with Gasteiger partial charge in [-0.25, -0.2) is 4.79 Å². The van der Waals surface area contributed by atoms with Gasteiger partial charge in [-0.05, 0) is 36.8 Å². The lowest BCUT2D eigenvalue weighted by atomic mass is 10.2. The van der Waals surface area contributed by atoms with Crippen molar-refractivity contribution in [2.45, 2.75) is 19.6 Å². The van der Waals surface area contributed by atoms with Gasteiger partial charge >= 0.3 is 5.97 Å². The minimum atomic E-state index is -0.838. The Morgan fingerprint density at radius 2 is 1.56 bits per heavy atom. The highest BCUT2D eigenvalue weighted by Crippen LogP contribution is 2.14. The summed E-state index contributed by atoms with van der Waals surface area (Å²) in [7, 11) is 5.55. The molecule has 0 saturated carbocycles. The Morgan fingerprint density at radius 3 is 2.12 bits per heavy atom. The number of amides is 1. The van der Waals surface area contributed by atoms with Crippen molar-refractivity contribution in [2.75, 3.05) is 26.0 Å². The number of nitrogens with zero attached hydrogens (tertiary/aromatic N) is 2. The van der Waals surface area contributed by atoms with Crippen LogP contribution in [0.15, 0.2) is 54.6 Å². The largest absolute Gasteiger partial charge is 0.449 e. The number of esters is 1. The van der Waals surface area contributed by atoms with Crippen LogP contribution < -0.4 is 4.90 Å². The number of ether oxygens (including phenoxy) is 1. The van der Waals surface area contributed by atoms with E-state index in [2.05, 4.69) is 0 Å². The highest BCUT2D eigenvalue weighted by molar-refractivity contribution is 5.92. The Morgan fingerprint density at radius 1 is 0.960 bits per heavy atom. The monoisotopic (exact) mass is 340 g/mol. The van der Waals surface area contributed by atoms with Gasteiger partial charge in [0.2, 0.25) is 0 Å². The molecule has 1 amide bonds. The number of carbonyl (C=O) groups is 2. The summed E-state index contributed by atoms with van der Waals surface area (Å²) in [5.74, 6) is -0.735. The van der Waals surface area contributed by atoms with Crippen molar-refractivity contribution in [1.29, 1.82) is 0 Å². The molecule has 0 saturated heterocycles. The maximum atomic E-state index is 12.4. The summed E-state index contributed by atoms with van der Waals surface area (Å²) in [5.41, 5.74) is 2.44. The minimum Gasteiger partial charge on any atom is -0.449 e. The second kappa shape index (κ2) is 8.33. The van der Waals surface area contributed by atoms with E-state index in [0.29, 0.717) is 12.1 Å². The van der Waals surface area contributed by atoms with Crippen LogP contribution in [0.2, 0.25) is 0 Å². The third kappa shape index (κ3) is 5.08. The average molecular weight is 340 g/mol. The summed E-state index contributed by atoms with van der Waals surface area (Å²) in [4.78, 5) is 28.1. The fourth-order valence-corrected chi connectivity index (χ4v) is 2.42. The molecule has 0 radical (unpaired) electrons. The van der Waals surface area contributed by atoms with Crippen LogP contribution in [-0.2, 0) is 16.1 Å². The van der Waals surface area contributed by atoms with Gasteiger partial charge in [-0.2, -0.15) is 0 Å². The van der Waals surface area contributed by atoms with Crippen molar-refractivity contribution in [3.05, 3.63) is 65.7 Å². The number of carbonyl (C=O) groups excluding carboxylic acids is 2. The van der Waals surface area contributed by atoms with Gasteiger partial charge in [0.1, 0.15) is 0 Å². The number of anilines is 1. The number of benzene rings is 2. The van der Waals surface area contributed by atoms with Gasteiger partial charge in [-0.1, -0.05) is 30.3 Å². The average Bonchev–Trinajstić information content (AvgIpc) is 2.61. The smallest absolute Gasteiger partial charge is 0.338 e. The van der Waals surface area contributed by atoms with Crippen molar-refractivity contribution in [1.82, 2.24) is 4.90 Å². The van der Waals surface area contributed by atoms with Crippen LogP contribution in [0.1, 0.15) is 22.8 Å². The Hall–Kier alpha value is -2.82. The molecule has 5 heteroatoms. The zero-order valence-electron chi connectivity index (χ0n) is 15.1. The van der Waals surface area contributed by atoms with E-state index in [4.69, 9.17) is 4.74 Å². The first-order chi connectivity index (χ1) is 11.9. The molecule has 2 rings (SSSR count). The van der Waals surface area contributed by atoms with E-state index in [0.717, 1.165) is 11.3 Å². The van der Waals surface area contributed by atoms with Crippen LogP contribution in [0.3, 0.4) is 0 Å². The first-order valence-corrected chi connectivity index (χ1v) is 8.15. The topological polar surface area (TPSA) is 49.9 Å². The van der Waals surface area contributed by atoms with E-state index in [1.165, 1.54) is 0 Å². The number of hydrogen-bond acceptors (Lipinski definition) is 4. The van der Waals surface area contributed by atoms with Crippen molar-refractivity contribution in [2.24, 2.45) is 0 Å². The molecule has 25 heavy (non-hydrogen) atoms. The molecule has 1 atom stereocenters. The van der Waals surface area contributed by atoms with Gasteiger partial charge in [0, 0.05) is 33.4 Å². The lowest BCUT2D eigenvalue weighted by Gasteiger charge is -2.21. The van der Waals surface area contributed by atoms with Crippen LogP contribution in [0.4, 0.5) is 5.69 Å². The third-order valence-corrected chi connectivity index (χ3v) is 3.89. The molecular weight excluding hydrogens is 316 g/mol. The standard InChI is InChI=1S/C20H24N2O3/c1-15(19(23)22(4)14-16-8-6-5-7-9-16)25-20(24)17-10-12-18(13-11-17)21(2)3/h5-13,15H,14H2,1-4H3/t15-/m0/s1. The third-order valence-electron chi connectivity index (χ3n) is 3.89. The second-order valence-corrected chi connectivity index (χ2v) is 6.17. The maximum Gasteiger partial charge on any atom is 0.338 e. The quantitative estimate of drug-likeness (QED) is 0.759. The fraction of sp³-hybridized carbons (Fsp3) is 0.300. The van der Waals surface area contributed by atoms with Crippen molar-refractivity contribution in [3.8, 4) is 0 Å². The number of rotatable bonds is 6. The van der Waals surface area contributed by atoms with Crippen LogP contribution >= 0.6 is 0 Å². The van der Waals surface area contributed by atoms with Crippen LogP contribution in [0.5, 0.6) is 0 Å². The van der Waals surface area contributed by atoms with Gasteiger partial charge in [0.15, 0.2) is 6.10 Å². The van der Waals surface area contributed by atoms with Crippen molar-refractivity contribution >= 4 is 17.6 Å². The molecule has 132 valence electrons. The first kappa shape index (κ1) is 18.5. The molecule has 0 bridgehead atoms. The molecule has 0 unspecified atom stereocenters. The molecule has 0 N–H and O–H groups in total.